The van der Waals surface area contributed by atoms with Gasteiger partial charge in [0, 0.05) is 12.0 Å². The van der Waals surface area contributed by atoms with Crippen molar-refractivity contribution in [3.8, 4) is 0 Å². The topological polar surface area (TPSA) is 23.5 Å². The van der Waals surface area contributed by atoms with E-state index in [1.54, 1.807) is 0 Å². The molecule has 1 N–H and O–H groups in total. The number of aliphatic hydroxyl groups is 1. The van der Waals surface area contributed by atoms with Crippen molar-refractivity contribution in [3.05, 3.63) is 35.4 Å². The molecule has 0 aliphatic rings. The summed E-state index contributed by atoms with van der Waals surface area (Å²) in [7, 11) is 4.14. The second kappa shape index (κ2) is 7.24. The van der Waals surface area contributed by atoms with E-state index in [1.165, 1.54) is 11.1 Å². The summed E-state index contributed by atoms with van der Waals surface area (Å²) in [4.78, 5) is 2.18. The first-order valence-electron chi connectivity index (χ1n) is 7.81. The summed E-state index contributed by atoms with van der Waals surface area (Å²) in [5.74, 6) is 0.557. The standard InChI is InChI=1S/C18H31NO/c1-7-18(8-2,19(5)6)17(20)13-15-9-11-16(12-10-15)14(3)4/h9-12,14,17,20H,7-8,13H2,1-6H3. The Balaban J connectivity index is 2.85. The molecule has 0 heterocycles. The van der Waals surface area contributed by atoms with Gasteiger partial charge in [-0.2, -0.15) is 0 Å². The van der Waals surface area contributed by atoms with Gasteiger partial charge in [0.25, 0.3) is 0 Å². The fraction of sp³-hybridized carbons (Fsp3) is 0.667. The van der Waals surface area contributed by atoms with E-state index in [0.29, 0.717) is 5.92 Å². The molecule has 0 saturated carbocycles. The van der Waals surface area contributed by atoms with Gasteiger partial charge in [0.15, 0.2) is 0 Å². The van der Waals surface area contributed by atoms with Crippen LogP contribution < -0.4 is 0 Å². The van der Waals surface area contributed by atoms with Gasteiger partial charge in [0.05, 0.1) is 6.10 Å². The maximum Gasteiger partial charge on any atom is 0.0763 e. The first-order valence-corrected chi connectivity index (χ1v) is 7.81. The lowest BCUT2D eigenvalue weighted by Crippen LogP contribution is -2.53. The van der Waals surface area contributed by atoms with E-state index in [4.69, 9.17) is 0 Å². The van der Waals surface area contributed by atoms with Crippen molar-refractivity contribution in [3.63, 3.8) is 0 Å². The first-order chi connectivity index (χ1) is 9.37. The Morgan fingerprint density at radius 2 is 1.55 bits per heavy atom. The second-order valence-electron chi connectivity index (χ2n) is 6.32. The molecule has 2 heteroatoms. The van der Waals surface area contributed by atoms with Gasteiger partial charge >= 0.3 is 0 Å². The van der Waals surface area contributed by atoms with E-state index in [0.717, 1.165) is 19.3 Å². The van der Waals surface area contributed by atoms with Gasteiger partial charge in [-0.15, -0.1) is 0 Å². The van der Waals surface area contributed by atoms with E-state index in [1.807, 2.05) is 0 Å². The highest BCUT2D eigenvalue weighted by Gasteiger charge is 2.36. The number of aliphatic hydroxyl groups excluding tert-OH is 1. The summed E-state index contributed by atoms with van der Waals surface area (Å²) in [5.41, 5.74) is 2.44. The molecule has 0 fully saturated rings. The van der Waals surface area contributed by atoms with Crippen molar-refractivity contribution in [2.75, 3.05) is 14.1 Å². The molecule has 0 aliphatic heterocycles. The molecule has 1 aromatic carbocycles. The SMILES string of the molecule is CCC(CC)(C(O)Cc1ccc(C(C)C)cc1)N(C)C. The van der Waals surface area contributed by atoms with Crippen LogP contribution in [0, 0.1) is 0 Å². The van der Waals surface area contributed by atoms with Crippen molar-refractivity contribution in [2.24, 2.45) is 0 Å². The van der Waals surface area contributed by atoms with Crippen molar-refractivity contribution in [1.82, 2.24) is 4.90 Å². The monoisotopic (exact) mass is 277 g/mol. The van der Waals surface area contributed by atoms with Gasteiger partial charge in [-0.05, 0) is 44.0 Å². The van der Waals surface area contributed by atoms with Crippen molar-refractivity contribution in [1.29, 1.82) is 0 Å². The van der Waals surface area contributed by atoms with E-state index in [2.05, 4.69) is 71.0 Å². The fourth-order valence-corrected chi connectivity index (χ4v) is 3.10. The minimum Gasteiger partial charge on any atom is -0.391 e. The molecule has 0 aliphatic carbocycles. The van der Waals surface area contributed by atoms with Gasteiger partial charge in [-0.25, -0.2) is 0 Å². The Hall–Kier alpha value is -0.860. The van der Waals surface area contributed by atoms with Crippen LogP contribution in [0.1, 0.15) is 57.6 Å². The Kier molecular flexibility index (Phi) is 6.22. The van der Waals surface area contributed by atoms with Gasteiger partial charge in [0.1, 0.15) is 0 Å². The smallest absolute Gasteiger partial charge is 0.0763 e. The normalized spacial score (nSPS) is 14.1. The van der Waals surface area contributed by atoms with Gasteiger partial charge in [0.2, 0.25) is 0 Å². The Labute approximate surface area is 124 Å². The zero-order chi connectivity index (χ0) is 15.3. The number of nitrogens with zero attached hydrogens (tertiary/aromatic N) is 1. The number of hydrogen-bond acceptors (Lipinski definition) is 2. The molecule has 1 aromatic rings. The Bertz CT molecular complexity index is 390. The molecule has 0 amide bonds. The van der Waals surface area contributed by atoms with Crippen molar-refractivity contribution >= 4 is 0 Å². The zero-order valence-corrected chi connectivity index (χ0v) is 14.0. The van der Waals surface area contributed by atoms with E-state index < -0.39 is 0 Å². The molecular formula is C18H31NO. The number of likely N-dealkylation sites (N-methyl/N-ethyl adjacent to an activating group) is 1. The summed E-state index contributed by atoms with van der Waals surface area (Å²) in [5, 5.41) is 10.7. The summed E-state index contributed by atoms with van der Waals surface area (Å²) < 4.78 is 0. The minimum absolute atomic E-state index is 0.128. The average molecular weight is 277 g/mol. The van der Waals surface area contributed by atoms with Crippen LogP contribution >= 0.6 is 0 Å². The van der Waals surface area contributed by atoms with Crippen LogP contribution in [-0.2, 0) is 6.42 Å². The van der Waals surface area contributed by atoms with Crippen molar-refractivity contribution in [2.45, 2.75) is 64.5 Å². The van der Waals surface area contributed by atoms with Crippen LogP contribution in [-0.4, -0.2) is 35.7 Å². The van der Waals surface area contributed by atoms with Gasteiger partial charge in [-0.1, -0.05) is 52.0 Å². The van der Waals surface area contributed by atoms with Gasteiger partial charge < -0.3 is 10.0 Å². The van der Waals surface area contributed by atoms with E-state index in [9.17, 15) is 5.11 Å². The van der Waals surface area contributed by atoms with Crippen molar-refractivity contribution < 1.29 is 5.11 Å². The second-order valence-corrected chi connectivity index (χ2v) is 6.32. The third-order valence-electron chi connectivity index (χ3n) is 4.81. The molecule has 0 aromatic heterocycles. The molecule has 20 heavy (non-hydrogen) atoms. The highest BCUT2D eigenvalue weighted by atomic mass is 16.3. The summed E-state index contributed by atoms with van der Waals surface area (Å²) in [6.45, 7) is 8.73. The first kappa shape index (κ1) is 17.2. The fourth-order valence-electron chi connectivity index (χ4n) is 3.10. The Morgan fingerprint density at radius 1 is 1.05 bits per heavy atom. The maximum absolute atomic E-state index is 10.7. The van der Waals surface area contributed by atoms with Crippen LogP contribution in [0.25, 0.3) is 0 Å². The molecule has 1 unspecified atom stereocenters. The van der Waals surface area contributed by atoms with Crippen LogP contribution in [0.5, 0.6) is 0 Å². The molecule has 0 saturated heterocycles. The molecule has 114 valence electrons. The van der Waals surface area contributed by atoms with Gasteiger partial charge in [-0.3, -0.25) is 0 Å². The quantitative estimate of drug-likeness (QED) is 0.818. The van der Waals surface area contributed by atoms with Crippen LogP contribution in [0.3, 0.4) is 0 Å². The predicted octanol–water partition coefficient (Wildman–Crippen LogP) is 3.83. The predicted molar refractivity (Wildman–Crippen MR) is 87.2 cm³/mol. The minimum atomic E-state index is -0.336. The summed E-state index contributed by atoms with van der Waals surface area (Å²) in [6, 6.07) is 8.68. The lowest BCUT2D eigenvalue weighted by molar-refractivity contribution is -0.0125. The third kappa shape index (κ3) is 3.62. The lowest BCUT2D eigenvalue weighted by Gasteiger charge is -2.42. The number of benzene rings is 1. The number of hydrogen-bond donors (Lipinski definition) is 1. The molecule has 0 bridgehead atoms. The maximum atomic E-state index is 10.7. The van der Waals surface area contributed by atoms with E-state index in [-0.39, 0.29) is 11.6 Å². The molecule has 2 nitrogen and oxygen atoms in total. The highest BCUT2D eigenvalue weighted by Crippen LogP contribution is 2.28. The summed E-state index contributed by atoms with van der Waals surface area (Å²) >= 11 is 0. The lowest BCUT2D eigenvalue weighted by atomic mass is 9.82. The van der Waals surface area contributed by atoms with Crippen LogP contribution in [0.15, 0.2) is 24.3 Å². The molecule has 0 radical (unpaired) electrons. The number of rotatable bonds is 7. The van der Waals surface area contributed by atoms with E-state index >= 15 is 0 Å². The zero-order valence-electron chi connectivity index (χ0n) is 14.0. The highest BCUT2D eigenvalue weighted by molar-refractivity contribution is 5.25. The van der Waals surface area contributed by atoms with Crippen LogP contribution in [0.4, 0.5) is 0 Å². The Morgan fingerprint density at radius 3 is 1.90 bits per heavy atom. The molecule has 1 atom stereocenters. The molecular weight excluding hydrogens is 246 g/mol. The average Bonchev–Trinajstić information content (AvgIpc) is 2.41. The van der Waals surface area contributed by atoms with Crippen LogP contribution in [0.2, 0.25) is 0 Å². The molecule has 0 spiro atoms. The molecule has 1 rings (SSSR count). The summed E-state index contributed by atoms with van der Waals surface area (Å²) in [6.07, 6.45) is 2.30. The largest absolute Gasteiger partial charge is 0.391 e. The third-order valence-corrected chi connectivity index (χ3v) is 4.81.